The molecule has 0 spiro atoms. The molecular weight excluding hydrogens is 592 g/mol. The van der Waals surface area contributed by atoms with Gasteiger partial charge in [0.25, 0.3) is 5.69 Å². The van der Waals surface area contributed by atoms with Crippen molar-refractivity contribution in [3.63, 3.8) is 0 Å². The van der Waals surface area contributed by atoms with Gasteiger partial charge >= 0.3 is 12.4 Å². The highest BCUT2D eigenvalue weighted by Crippen LogP contribution is 2.38. The number of nitro benzene ring substituents is 1. The Labute approximate surface area is 249 Å². The van der Waals surface area contributed by atoms with Gasteiger partial charge in [-0.3, -0.25) is 15.0 Å². The first-order chi connectivity index (χ1) is 20.8. The van der Waals surface area contributed by atoms with Gasteiger partial charge in [0, 0.05) is 56.6 Å². The topological polar surface area (TPSA) is 83.8 Å². The highest BCUT2D eigenvalue weighted by atomic mass is 19.4. The van der Waals surface area contributed by atoms with E-state index in [9.17, 15) is 36.5 Å². The first-order valence-electron chi connectivity index (χ1n) is 14.2. The molecule has 8 nitrogen and oxygen atoms in total. The summed E-state index contributed by atoms with van der Waals surface area (Å²) in [5.41, 5.74) is -1.91. The molecular formula is C30H31F6N5O3. The second-order valence-corrected chi connectivity index (χ2v) is 11.0. The molecule has 1 N–H and O–H groups in total. The van der Waals surface area contributed by atoms with Crippen LogP contribution in [0.15, 0.2) is 60.7 Å². The van der Waals surface area contributed by atoms with E-state index in [1.54, 1.807) is 6.07 Å². The van der Waals surface area contributed by atoms with Gasteiger partial charge in [0.1, 0.15) is 17.5 Å². The fourth-order valence-corrected chi connectivity index (χ4v) is 5.58. The van der Waals surface area contributed by atoms with Crippen LogP contribution in [0.3, 0.4) is 0 Å². The molecule has 2 aliphatic rings. The number of rotatable bonds is 8. The Bertz CT molecular complexity index is 1430. The van der Waals surface area contributed by atoms with Gasteiger partial charge in [0.15, 0.2) is 0 Å². The second kappa shape index (κ2) is 12.9. The number of pyridine rings is 1. The summed E-state index contributed by atoms with van der Waals surface area (Å²) < 4.78 is 84.6. The van der Waals surface area contributed by atoms with E-state index in [-0.39, 0.29) is 17.8 Å². The van der Waals surface area contributed by atoms with Gasteiger partial charge in [-0.1, -0.05) is 18.2 Å². The molecule has 2 fully saturated rings. The minimum absolute atomic E-state index is 0.101. The predicted octanol–water partition coefficient (Wildman–Crippen LogP) is 7.15. The monoisotopic (exact) mass is 623 g/mol. The van der Waals surface area contributed by atoms with Crippen LogP contribution in [-0.4, -0.2) is 53.1 Å². The minimum atomic E-state index is -4.84. The van der Waals surface area contributed by atoms with Crippen molar-refractivity contribution in [2.24, 2.45) is 0 Å². The van der Waals surface area contributed by atoms with Gasteiger partial charge in [-0.25, -0.2) is 0 Å². The molecule has 1 aliphatic heterocycles. The van der Waals surface area contributed by atoms with Crippen LogP contribution < -0.4 is 15.0 Å². The number of nitrogens with zero attached hydrogens (tertiary/aromatic N) is 4. The van der Waals surface area contributed by atoms with E-state index in [1.807, 2.05) is 12.1 Å². The third-order valence-corrected chi connectivity index (χ3v) is 7.92. The molecule has 1 aliphatic carbocycles. The van der Waals surface area contributed by atoms with Crippen LogP contribution in [0.2, 0.25) is 0 Å². The van der Waals surface area contributed by atoms with Gasteiger partial charge in [-0.05, 0) is 61.6 Å². The molecule has 0 amide bonds. The standard InChI is InChI=1S/C30H31F6N5O3/c31-29(32,33)21-6-4-20(5-7-21)19-39-14-16-40(17-15-39)27-2-1-3-28(38-27)44-24-11-8-22(9-12-24)37-23-10-13-26(41(42)43)25(18-23)30(34,35)36/h1-7,10,13,18,22,24,37H,8-9,11-12,14-17,19H2/t22-,24-. The number of hydrogen-bond acceptors (Lipinski definition) is 7. The molecule has 1 saturated carbocycles. The Kier molecular flexibility index (Phi) is 9.18. The lowest BCUT2D eigenvalue weighted by atomic mass is 9.92. The molecule has 14 heteroatoms. The van der Waals surface area contributed by atoms with Crippen LogP contribution in [0, 0.1) is 10.1 Å². The summed E-state index contributed by atoms with van der Waals surface area (Å²) in [4.78, 5) is 19.0. The molecule has 0 unspecified atom stereocenters. The van der Waals surface area contributed by atoms with Crippen molar-refractivity contribution >= 4 is 17.2 Å². The second-order valence-electron chi connectivity index (χ2n) is 11.0. The normalized spacial score (nSPS) is 19.9. The number of nitro groups is 1. The minimum Gasteiger partial charge on any atom is -0.474 e. The molecule has 3 aromatic rings. The van der Waals surface area contributed by atoms with Gasteiger partial charge in [-0.2, -0.15) is 31.3 Å². The molecule has 1 aromatic heterocycles. The lowest BCUT2D eigenvalue weighted by molar-refractivity contribution is -0.388. The maximum Gasteiger partial charge on any atom is 0.423 e. The fourth-order valence-electron chi connectivity index (χ4n) is 5.58. The Hall–Kier alpha value is -4.07. The summed E-state index contributed by atoms with van der Waals surface area (Å²) in [5.74, 6) is 1.25. The number of nitrogens with one attached hydrogen (secondary N) is 1. The summed E-state index contributed by atoms with van der Waals surface area (Å²) in [7, 11) is 0. The molecule has 1 saturated heterocycles. The van der Waals surface area contributed by atoms with Gasteiger partial charge in [-0.15, -0.1) is 0 Å². The van der Waals surface area contributed by atoms with Crippen molar-refractivity contribution in [2.75, 3.05) is 36.4 Å². The SMILES string of the molecule is O=[N+]([O-])c1ccc(N[C@H]2CC[C@H](Oc3cccc(N4CCN(Cc5ccc(C(F)(F)F)cc5)CC4)n3)CC2)cc1C(F)(F)F. The van der Waals surface area contributed by atoms with Crippen LogP contribution in [0.5, 0.6) is 5.88 Å². The molecule has 0 bridgehead atoms. The van der Waals surface area contributed by atoms with Crippen LogP contribution in [0.1, 0.15) is 42.4 Å². The summed E-state index contributed by atoms with van der Waals surface area (Å²) >= 11 is 0. The Morgan fingerprint density at radius 2 is 1.57 bits per heavy atom. The zero-order valence-electron chi connectivity index (χ0n) is 23.6. The van der Waals surface area contributed by atoms with Crippen LogP contribution >= 0.6 is 0 Å². The molecule has 44 heavy (non-hydrogen) atoms. The van der Waals surface area contributed by atoms with Crippen LogP contribution in [0.25, 0.3) is 0 Å². The van der Waals surface area contributed by atoms with E-state index >= 15 is 0 Å². The van der Waals surface area contributed by atoms with E-state index in [4.69, 9.17) is 4.74 Å². The first-order valence-corrected chi connectivity index (χ1v) is 14.2. The Morgan fingerprint density at radius 1 is 0.886 bits per heavy atom. The molecule has 2 aromatic carbocycles. The van der Waals surface area contributed by atoms with Gasteiger partial charge in [0.2, 0.25) is 5.88 Å². The Balaban J connectivity index is 1.09. The highest BCUT2D eigenvalue weighted by molar-refractivity contribution is 5.55. The largest absolute Gasteiger partial charge is 0.474 e. The number of anilines is 2. The molecule has 0 atom stereocenters. The molecule has 236 valence electrons. The van der Waals surface area contributed by atoms with Gasteiger partial charge in [0.05, 0.1) is 10.5 Å². The molecule has 5 rings (SSSR count). The smallest absolute Gasteiger partial charge is 0.423 e. The average Bonchev–Trinajstić information content (AvgIpc) is 2.98. The number of alkyl halides is 6. The first kappa shape index (κ1) is 31.4. The fraction of sp³-hybridized carbons (Fsp3) is 0.433. The number of piperazine rings is 1. The number of benzene rings is 2. The van der Waals surface area contributed by atoms with Crippen molar-refractivity contribution in [2.45, 2.75) is 56.7 Å². The number of halogens is 6. The Morgan fingerprint density at radius 3 is 2.18 bits per heavy atom. The maximum atomic E-state index is 13.3. The number of aromatic nitrogens is 1. The van der Waals surface area contributed by atoms with Gasteiger partial charge < -0.3 is 15.0 Å². The van der Waals surface area contributed by atoms with E-state index in [2.05, 4.69) is 20.1 Å². The zero-order chi connectivity index (χ0) is 31.5. The summed E-state index contributed by atoms with van der Waals surface area (Å²) in [5, 5.41) is 14.1. The van der Waals surface area contributed by atoms with E-state index in [0.29, 0.717) is 51.2 Å². The van der Waals surface area contributed by atoms with E-state index in [0.717, 1.165) is 48.7 Å². The summed E-state index contributed by atoms with van der Waals surface area (Å²) in [6, 6.07) is 13.6. The van der Waals surface area contributed by atoms with Crippen molar-refractivity contribution in [1.29, 1.82) is 0 Å². The highest BCUT2D eigenvalue weighted by Gasteiger charge is 2.38. The number of ether oxygens (including phenoxy) is 1. The lowest BCUT2D eigenvalue weighted by Crippen LogP contribution is -2.46. The number of hydrogen-bond donors (Lipinski definition) is 1. The van der Waals surface area contributed by atoms with E-state index < -0.39 is 34.1 Å². The summed E-state index contributed by atoms with van der Waals surface area (Å²) in [6.45, 7) is 3.42. The molecule has 0 radical (unpaired) electrons. The van der Waals surface area contributed by atoms with Crippen molar-refractivity contribution < 1.29 is 36.0 Å². The van der Waals surface area contributed by atoms with Crippen LogP contribution in [0.4, 0.5) is 43.5 Å². The molecule has 2 heterocycles. The quantitative estimate of drug-likeness (QED) is 0.162. The third kappa shape index (κ3) is 7.90. The lowest BCUT2D eigenvalue weighted by Gasteiger charge is -2.35. The van der Waals surface area contributed by atoms with Crippen molar-refractivity contribution in [3.05, 3.63) is 87.5 Å². The average molecular weight is 624 g/mol. The van der Waals surface area contributed by atoms with Crippen LogP contribution in [-0.2, 0) is 18.9 Å². The van der Waals surface area contributed by atoms with E-state index in [1.165, 1.54) is 18.2 Å². The zero-order valence-corrected chi connectivity index (χ0v) is 23.6. The third-order valence-electron chi connectivity index (χ3n) is 7.92. The van der Waals surface area contributed by atoms with Crippen molar-refractivity contribution in [3.8, 4) is 5.88 Å². The van der Waals surface area contributed by atoms with Crippen molar-refractivity contribution in [1.82, 2.24) is 9.88 Å². The predicted molar refractivity (Wildman–Crippen MR) is 152 cm³/mol. The summed E-state index contributed by atoms with van der Waals surface area (Å²) in [6.07, 6.45) is -6.70. The maximum absolute atomic E-state index is 13.3.